The maximum Gasteiger partial charge on any atom is 0.439 e. The summed E-state index contributed by atoms with van der Waals surface area (Å²) in [7, 11) is 0. The molecule has 0 aliphatic carbocycles. The SMILES string of the molecule is Cc1c(Cl)cc(-c2noc(=O)[nH]2)cc1Cl. The van der Waals surface area contributed by atoms with Crippen molar-refractivity contribution in [2.24, 2.45) is 0 Å². The molecule has 2 aromatic rings. The second-order valence-electron chi connectivity index (χ2n) is 3.01. The number of H-pyrrole nitrogens is 1. The smallest absolute Gasteiger partial charge is 0.296 e. The van der Waals surface area contributed by atoms with Crippen LogP contribution in [0.4, 0.5) is 0 Å². The van der Waals surface area contributed by atoms with Crippen LogP contribution in [0.25, 0.3) is 11.4 Å². The minimum absolute atomic E-state index is 0.309. The summed E-state index contributed by atoms with van der Waals surface area (Å²) in [6, 6.07) is 3.33. The highest BCUT2D eigenvalue weighted by Crippen LogP contribution is 2.29. The summed E-state index contributed by atoms with van der Waals surface area (Å²) in [6.45, 7) is 1.81. The van der Waals surface area contributed by atoms with E-state index < -0.39 is 5.76 Å². The first-order valence-corrected chi connectivity index (χ1v) is 4.85. The highest BCUT2D eigenvalue weighted by Gasteiger charge is 2.09. The largest absolute Gasteiger partial charge is 0.439 e. The summed E-state index contributed by atoms with van der Waals surface area (Å²) in [5, 5.41) is 4.57. The van der Waals surface area contributed by atoms with Crippen LogP contribution in [0.3, 0.4) is 0 Å². The van der Waals surface area contributed by atoms with Crippen LogP contribution in [0.2, 0.25) is 10.0 Å². The van der Waals surface area contributed by atoms with E-state index in [0.29, 0.717) is 21.4 Å². The molecule has 15 heavy (non-hydrogen) atoms. The van der Waals surface area contributed by atoms with E-state index in [1.54, 1.807) is 19.1 Å². The van der Waals surface area contributed by atoms with Crippen molar-refractivity contribution in [1.29, 1.82) is 0 Å². The zero-order chi connectivity index (χ0) is 11.0. The van der Waals surface area contributed by atoms with Crippen molar-refractivity contribution in [1.82, 2.24) is 10.1 Å². The van der Waals surface area contributed by atoms with Crippen molar-refractivity contribution in [2.45, 2.75) is 6.92 Å². The molecule has 1 N–H and O–H groups in total. The van der Waals surface area contributed by atoms with Crippen LogP contribution in [0.5, 0.6) is 0 Å². The summed E-state index contributed by atoms with van der Waals surface area (Å²) in [6.07, 6.45) is 0. The van der Waals surface area contributed by atoms with Gasteiger partial charge in [0.2, 0.25) is 0 Å². The number of rotatable bonds is 1. The van der Waals surface area contributed by atoms with Crippen LogP contribution in [0, 0.1) is 6.92 Å². The van der Waals surface area contributed by atoms with Gasteiger partial charge in [-0.1, -0.05) is 28.4 Å². The van der Waals surface area contributed by atoms with Crippen LogP contribution < -0.4 is 5.76 Å². The molecule has 0 aliphatic rings. The van der Waals surface area contributed by atoms with Gasteiger partial charge in [-0.15, -0.1) is 0 Å². The molecule has 1 aromatic heterocycles. The zero-order valence-corrected chi connectivity index (χ0v) is 9.19. The Hall–Kier alpha value is -1.26. The molecule has 0 spiro atoms. The first-order valence-electron chi connectivity index (χ1n) is 4.10. The Balaban J connectivity index is 2.59. The third-order valence-corrected chi connectivity index (χ3v) is 2.78. The monoisotopic (exact) mass is 244 g/mol. The normalized spacial score (nSPS) is 10.6. The molecule has 1 heterocycles. The molecule has 0 fully saturated rings. The van der Waals surface area contributed by atoms with Gasteiger partial charge in [0.25, 0.3) is 0 Å². The molecule has 6 heteroatoms. The third-order valence-electron chi connectivity index (χ3n) is 1.99. The molecule has 1 aromatic carbocycles. The fraction of sp³-hybridized carbons (Fsp3) is 0.111. The maximum absolute atomic E-state index is 10.7. The van der Waals surface area contributed by atoms with E-state index in [1.807, 2.05) is 0 Å². The van der Waals surface area contributed by atoms with Gasteiger partial charge in [-0.2, -0.15) is 0 Å². The second kappa shape index (κ2) is 3.72. The summed E-state index contributed by atoms with van der Waals surface area (Å²) in [5.74, 6) is -0.304. The van der Waals surface area contributed by atoms with Gasteiger partial charge in [-0.05, 0) is 24.6 Å². The Morgan fingerprint density at radius 2 is 1.93 bits per heavy atom. The number of nitrogens with zero attached hydrogens (tertiary/aromatic N) is 1. The first kappa shape index (κ1) is 10.3. The highest BCUT2D eigenvalue weighted by atomic mass is 35.5. The van der Waals surface area contributed by atoms with Gasteiger partial charge in [0.05, 0.1) is 0 Å². The molecule has 0 unspecified atom stereocenters. The van der Waals surface area contributed by atoms with E-state index in [-0.39, 0.29) is 0 Å². The van der Waals surface area contributed by atoms with Crippen LogP contribution in [0.1, 0.15) is 5.56 Å². The lowest BCUT2D eigenvalue weighted by Gasteiger charge is -2.02. The number of nitrogens with one attached hydrogen (secondary N) is 1. The van der Waals surface area contributed by atoms with Gasteiger partial charge in [-0.25, -0.2) is 4.79 Å². The fourth-order valence-electron chi connectivity index (χ4n) is 1.14. The van der Waals surface area contributed by atoms with Gasteiger partial charge < -0.3 is 0 Å². The summed E-state index contributed by atoms with van der Waals surface area (Å²) >= 11 is 11.9. The van der Waals surface area contributed by atoms with E-state index in [1.165, 1.54) is 0 Å². The minimum atomic E-state index is -0.613. The molecule has 2 rings (SSSR count). The topological polar surface area (TPSA) is 58.9 Å². The van der Waals surface area contributed by atoms with Gasteiger partial charge in [-0.3, -0.25) is 9.51 Å². The quantitative estimate of drug-likeness (QED) is 0.840. The molecule has 0 aliphatic heterocycles. The first-order chi connectivity index (χ1) is 7.08. The zero-order valence-electron chi connectivity index (χ0n) is 7.67. The predicted molar refractivity (Wildman–Crippen MR) is 57.3 cm³/mol. The van der Waals surface area contributed by atoms with Crippen molar-refractivity contribution in [3.8, 4) is 11.4 Å². The van der Waals surface area contributed by atoms with Crippen molar-refractivity contribution in [3.05, 3.63) is 38.3 Å². The van der Waals surface area contributed by atoms with Crippen molar-refractivity contribution in [2.75, 3.05) is 0 Å². The van der Waals surface area contributed by atoms with Crippen molar-refractivity contribution >= 4 is 23.2 Å². The number of hydrogen-bond donors (Lipinski definition) is 1. The molecular formula is C9H6Cl2N2O2. The molecule has 0 amide bonds. The van der Waals surface area contributed by atoms with E-state index in [0.717, 1.165) is 5.56 Å². The number of hydrogen-bond acceptors (Lipinski definition) is 3. The van der Waals surface area contributed by atoms with Crippen LogP contribution >= 0.6 is 23.2 Å². The summed E-state index contributed by atoms with van der Waals surface area (Å²) in [4.78, 5) is 13.2. The Kier molecular flexibility index (Phi) is 2.54. The highest BCUT2D eigenvalue weighted by molar-refractivity contribution is 6.36. The molecular weight excluding hydrogens is 239 g/mol. The number of halogens is 2. The number of benzene rings is 1. The molecule has 0 saturated carbocycles. The van der Waals surface area contributed by atoms with Crippen molar-refractivity contribution < 1.29 is 4.52 Å². The minimum Gasteiger partial charge on any atom is -0.296 e. The predicted octanol–water partition coefficient (Wildman–Crippen LogP) is 2.65. The van der Waals surface area contributed by atoms with Gasteiger partial charge in [0.15, 0.2) is 5.82 Å². The summed E-state index contributed by atoms with van der Waals surface area (Å²) in [5.41, 5.74) is 1.40. The Morgan fingerprint density at radius 1 is 1.33 bits per heavy atom. The lowest BCUT2D eigenvalue weighted by molar-refractivity contribution is 0.388. The van der Waals surface area contributed by atoms with Gasteiger partial charge in [0, 0.05) is 15.6 Å². The third kappa shape index (κ3) is 1.91. The van der Waals surface area contributed by atoms with Crippen LogP contribution in [-0.4, -0.2) is 10.1 Å². The molecule has 0 radical (unpaired) electrons. The Bertz CT molecular complexity index is 536. The average molecular weight is 245 g/mol. The average Bonchev–Trinajstić information content (AvgIpc) is 2.60. The lowest BCUT2D eigenvalue weighted by Crippen LogP contribution is -1.95. The van der Waals surface area contributed by atoms with E-state index in [9.17, 15) is 4.79 Å². The van der Waals surface area contributed by atoms with E-state index >= 15 is 0 Å². The van der Waals surface area contributed by atoms with Gasteiger partial charge in [0.1, 0.15) is 0 Å². The lowest BCUT2D eigenvalue weighted by atomic mass is 10.1. The van der Waals surface area contributed by atoms with Crippen molar-refractivity contribution in [3.63, 3.8) is 0 Å². The van der Waals surface area contributed by atoms with Gasteiger partial charge >= 0.3 is 5.76 Å². The number of aromatic nitrogens is 2. The molecule has 0 saturated heterocycles. The molecule has 0 bridgehead atoms. The molecule has 78 valence electrons. The van der Waals surface area contributed by atoms with E-state index in [2.05, 4.69) is 14.7 Å². The standard InChI is InChI=1S/C9H6Cl2N2O2/c1-4-6(10)2-5(3-7(4)11)8-12-9(14)15-13-8/h2-3H,1H3,(H,12,13,14). The second-order valence-corrected chi connectivity index (χ2v) is 3.82. The summed E-state index contributed by atoms with van der Waals surface area (Å²) < 4.78 is 4.38. The Labute approximate surface area is 94.8 Å². The molecule has 4 nitrogen and oxygen atoms in total. The van der Waals surface area contributed by atoms with Crippen LogP contribution in [0.15, 0.2) is 21.5 Å². The fourth-order valence-corrected chi connectivity index (χ4v) is 1.62. The van der Waals surface area contributed by atoms with Crippen LogP contribution in [-0.2, 0) is 0 Å². The molecule has 0 atom stereocenters. The van der Waals surface area contributed by atoms with E-state index in [4.69, 9.17) is 23.2 Å². The maximum atomic E-state index is 10.7. The number of aromatic amines is 1. The Morgan fingerprint density at radius 3 is 2.40 bits per heavy atom.